The van der Waals surface area contributed by atoms with Crippen LogP contribution in [0.1, 0.15) is 28.5 Å². The maximum Gasteiger partial charge on any atom is 0.162 e. The van der Waals surface area contributed by atoms with Gasteiger partial charge in [0, 0.05) is 31.0 Å². The van der Waals surface area contributed by atoms with E-state index in [2.05, 4.69) is 24.2 Å². The van der Waals surface area contributed by atoms with Crippen LogP contribution in [0.4, 0.5) is 0 Å². The van der Waals surface area contributed by atoms with E-state index in [1.807, 2.05) is 31.6 Å². The summed E-state index contributed by atoms with van der Waals surface area (Å²) in [7, 11) is 1.87. The summed E-state index contributed by atoms with van der Waals surface area (Å²) < 4.78 is 1.75. The summed E-state index contributed by atoms with van der Waals surface area (Å²) in [6.45, 7) is 1.68. The van der Waals surface area contributed by atoms with E-state index in [4.69, 9.17) is 0 Å². The number of carbonyl (C=O) groups is 1. The summed E-state index contributed by atoms with van der Waals surface area (Å²) in [5.74, 6) is 0.113. The Morgan fingerprint density at radius 3 is 2.70 bits per heavy atom. The molecule has 0 unspecified atom stereocenters. The number of rotatable bonds is 4. The number of hydrogen-bond donors (Lipinski definition) is 1. The lowest BCUT2D eigenvalue weighted by atomic mass is 10.0. The highest BCUT2D eigenvalue weighted by Gasteiger charge is 2.56. The van der Waals surface area contributed by atoms with Gasteiger partial charge >= 0.3 is 0 Å². The van der Waals surface area contributed by atoms with Crippen molar-refractivity contribution in [3.8, 4) is 0 Å². The summed E-state index contributed by atoms with van der Waals surface area (Å²) in [6.07, 6.45) is 3.78. The Labute approximate surface area is 118 Å². The van der Waals surface area contributed by atoms with Crippen molar-refractivity contribution < 1.29 is 9.90 Å². The fraction of sp³-hybridized carbons (Fsp3) is 0.375. The van der Waals surface area contributed by atoms with E-state index in [1.54, 1.807) is 4.68 Å². The van der Waals surface area contributed by atoms with Gasteiger partial charge in [0.05, 0.1) is 6.20 Å². The van der Waals surface area contributed by atoms with Gasteiger partial charge in [-0.1, -0.05) is 24.3 Å². The fourth-order valence-electron chi connectivity index (χ4n) is 3.19. The number of hydrogen-bond acceptors (Lipinski definition) is 3. The van der Waals surface area contributed by atoms with Crippen molar-refractivity contribution in [2.24, 2.45) is 13.0 Å². The number of Topliss-reactive ketones (excluding diaryl/α,β-unsaturated/α-hetero) is 1. The molecule has 1 N–H and O–H groups in total. The summed E-state index contributed by atoms with van der Waals surface area (Å²) in [6, 6.07) is 8.15. The first kappa shape index (κ1) is 13.1. The van der Waals surface area contributed by atoms with Gasteiger partial charge in [0.1, 0.15) is 6.61 Å². The molecule has 0 saturated heterocycles. The van der Waals surface area contributed by atoms with Crippen LogP contribution in [0.2, 0.25) is 0 Å². The lowest BCUT2D eigenvalue weighted by Crippen LogP contribution is -2.08. The largest absolute Gasteiger partial charge is 0.389 e. The molecule has 0 aliphatic heterocycles. The van der Waals surface area contributed by atoms with Crippen LogP contribution in [0.3, 0.4) is 0 Å². The predicted octanol–water partition coefficient (Wildman–Crippen LogP) is 1.79. The second-order valence-electron chi connectivity index (χ2n) is 5.51. The van der Waals surface area contributed by atoms with Crippen molar-refractivity contribution >= 4 is 5.78 Å². The monoisotopic (exact) mass is 270 g/mol. The third-order valence-electron chi connectivity index (χ3n) is 4.20. The van der Waals surface area contributed by atoms with Crippen molar-refractivity contribution in [3.05, 3.63) is 53.3 Å². The average molecular weight is 270 g/mol. The minimum Gasteiger partial charge on any atom is -0.389 e. The van der Waals surface area contributed by atoms with Crippen LogP contribution in [0, 0.1) is 12.8 Å². The summed E-state index contributed by atoms with van der Waals surface area (Å²) in [5, 5.41) is 13.4. The standard InChI is InChI=1S/C16H18N2O2/c1-10-5-3-4-6-12(10)15-14(16(15)13(20)9-19)11-7-17-18(2)8-11/h3-8,14-16,19H,9H2,1-2H3/t14-,15-,16+/m1/s1. The van der Waals surface area contributed by atoms with Crippen LogP contribution >= 0.6 is 0 Å². The summed E-state index contributed by atoms with van der Waals surface area (Å²) in [4.78, 5) is 12.0. The molecule has 1 saturated carbocycles. The molecule has 1 aromatic heterocycles. The minimum atomic E-state index is -0.385. The van der Waals surface area contributed by atoms with E-state index in [0.29, 0.717) is 0 Å². The van der Waals surface area contributed by atoms with E-state index in [0.717, 1.165) is 5.56 Å². The number of benzene rings is 1. The fourth-order valence-corrected chi connectivity index (χ4v) is 3.19. The van der Waals surface area contributed by atoms with Gasteiger partial charge in [-0.15, -0.1) is 0 Å². The van der Waals surface area contributed by atoms with Crippen LogP contribution in [0.25, 0.3) is 0 Å². The van der Waals surface area contributed by atoms with E-state index >= 15 is 0 Å². The maximum absolute atomic E-state index is 12.0. The van der Waals surface area contributed by atoms with Gasteiger partial charge in [0.2, 0.25) is 0 Å². The molecule has 3 rings (SSSR count). The molecule has 1 aliphatic rings. The van der Waals surface area contributed by atoms with Crippen LogP contribution in [-0.4, -0.2) is 27.3 Å². The minimum absolute atomic E-state index is 0.0768. The number of ketones is 1. The Kier molecular flexibility index (Phi) is 3.18. The SMILES string of the molecule is Cc1ccccc1[C@H]1[C@@H](C(=O)CO)[C@@H]1c1cnn(C)c1. The molecular weight excluding hydrogens is 252 g/mol. The molecule has 104 valence electrons. The Bertz CT molecular complexity index is 647. The third kappa shape index (κ3) is 2.06. The Morgan fingerprint density at radius 1 is 1.35 bits per heavy atom. The highest BCUT2D eigenvalue weighted by Crippen LogP contribution is 2.61. The number of aromatic nitrogens is 2. The zero-order valence-electron chi connectivity index (χ0n) is 11.7. The predicted molar refractivity (Wildman–Crippen MR) is 75.5 cm³/mol. The lowest BCUT2D eigenvalue weighted by Gasteiger charge is -2.04. The first-order valence-corrected chi connectivity index (χ1v) is 6.81. The number of aryl methyl sites for hydroxylation is 2. The highest BCUT2D eigenvalue weighted by atomic mass is 16.3. The molecule has 20 heavy (non-hydrogen) atoms. The molecule has 0 amide bonds. The summed E-state index contributed by atoms with van der Waals surface area (Å²) >= 11 is 0. The second-order valence-corrected chi connectivity index (χ2v) is 5.51. The molecule has 1 aliphatic carbocycles. The number of aliphatic hydroxyl groups is 1. The summed E-state index contributed by atoms with van der Waals surface area (Å²) in [5.41, 5.74) is 3.47. The van der Waals surface area contributed by atoms with E-state index in [9.17, 15) is 9.90 Å². The quantitative estimate of drug-likeness (QED) is 0.921. The molecule has 3 atom stereocenters. The van der Waals surface area contributed by atoms with Crippen LogP contribution < -0.4 is 0 Å². The third-order valence-corrected chi connectivity index (χ3v) is 4.20. The zero-order chi connectivity index (χ0) is 14.3. The second kappa shape index (κ2) is 4.87. The number of carbonyl (C=O) groups excluding carboxylic acids is 1. The Balaban J connectivity index is 1.97. The van der Waals surface area contributed by atoms with Crippen molar-refractivity contribution in [1.29, 1.82) is 0 Å². The van der Waals surface area contributed by atoms with Gasteiger partial charge in [0.15, 0.2) is 5.78 Å². The van der Waals surface area contributed by atoms with E-state index < -0.39 is 0 Å². The van der Waals surface area contributed by atoms with Crippen molar-refractivity contribution in [2.45, 2.75) is 18.8 Å². The first-order chi connectivity index (χ1) is 9.63. The molecule has 0 spiro atoms. The number of aliphatic hydroxyl groups excluding tert-OH is 1. The molecule has 1 heterocycles. The molecule has 4 heteroatoms. The highest BCUT2D eigenvalue weighted by molar-refractivity contribution is 5.88. The van der Waals surface area contributed by atoms with E-state index in [-0.39, 0.29) is 30.1 Å². The van der Waals surface area contributed by atoms with Crippen LogP contribution in [0.15, 0.2) is 36.7 Å². The topological polar surface area (TPSA) is 55.1 Å². The maximum atomic E-state index is 12.0. The molecule has 0 bridgehead atoms. The van der Waals surface area contributed by atoms with Gasteiger partial charge in [0.25, 0.3) is 0 Å². The van der Waals surface area contributed by atoms with Crippen LogP contribution in [0.5, 0.6) is 0 Å². The lowest BCUT2D eigenvalue weighted by molar-refractivity contribution is -0.123. The smallest absolute Gasteiger partial charge is 0.162 e. The molecule has 2 aromatic rings. The van der Waals surface area contributed by atoms with Crippen molar-refractivity contribution in [1.82, 2.24) is 9.78 Å². The molecule has 1 aromatic carbocycles. The van der Waals surface area contributed by atoms with Gasteiger partial charge in [-0.25, -0.2) is 0 Å². The molecular formula is C16H18N2O2. The molecule has 1 fully saturated rings. The van der Waals surface area contributed by atoms with Gasteiger partial charge in [-0.3, -0.25) is 9.48 Å². The van der Waals surface area contributed by atoms with Crippen molar-refractivity contribution in [2.75, 3.05) is 6.61 Å². The number of nitrogens with zero attached hydrogens (tertiary/aromatic N) is 2. The van der Waals surface area contributed by atoms with Gasteiger partial charge < -0.3 is 5.11 Å². The Morgan fingerprint density at radius 2 is 2.10 bits per heavy atom. The normalized spacial score (nSPS) is 24.6. The average Bonchev–Trinajstić information content (AvgIpc) is 3.04. The van der Waals surface area contributed by atoms with E-state index in [1.165, 1.54) is 11.1 Å². The van der Waals surface area contributed by atoms with Crippen molar-refractivity contribution in [3.63, 3.8) is 0 Å². The molecule has 4 nitrogen and oxygen atoms in total. The van der Waals surface area contributed by atoms with Gasteiger partial charge in [-0.05, 0) is 23.6 Å². The zero-order valence-corrected chi connectivity index (χ0v) is 11.7. The molecule has 0 radical (unpaired) electrons. The first-order valence-electron chi connectivity index (χ1n) is 6.81. The van der Waals surface area contributed by atoms with Crippen LogP contribution in [-0.2, 0) is 11.8 Å². The Hall–Kier alpha value is -1.94. The van der Waals surface area contributed by atoms with Gasteiger partial charge in [-0.2, -0.15) is 5.10 Å².